The van der Waals surface area contributed by atoms with Crippen LogP contribution >= 0.6 is 15.9 Å². The topological polar surface area (TPSA) is 20.2 Å². The van der Waals surface area contributed by atoms with Crippen LogP contribution in [0.2, 0.25) is 18.6 Å². The molecule has 1 N–H and O–H groups in total. The fourth-order valence-corrected chi connectivity index (χ4v) is 7.46. The molecule has 0 saturated carbocycles. The van der Waals surface area contributed by atoms with Crippen molar-refractivity contribution in [3.63, 3.8) is 0 Å². The summed E-state index contributed by atoms with van der Waals surface area (Å²) in [6.45, 7) is 7.11. The van der Waals surface area contributed by atoms with Gasteiger partial charge in [0.25, 0.3) is 0 Å². The van der Waals surface area contributed by atoms with E-state index in [4.69, 9.17) is 0 Å². The lowest BCUT2D eigenvalue weighted by Gasteiger charge is -2.36. The molecular weight excluding hydrogens is 376 g/mol. The molecule has 0 aliphatic heterocycles. The Hall–Kier alpha value is -1.16. The molecule has 2 aromatic carbocycles. The third kappa shape index (κ3) is 4.47. The molecule has 1 nitrogen and oxygen atoms in total. The van der Waals surface area contributed by atoms with Gasteiger partial charge in [0.2, 0.25) is 0 Å². The number of allylic oxidation sites excluding steroid dienone is 2. The minimum absolute atomic E-state index is 0.208. The van der Waals surface area contributed by atoms with Crippen LogP contribution in [0.3, 0.4) is 0 Å². The summed E-state index contributed by atoms with van der Waals surface area (Å²) in [6.07, 6.45) is 5.35. The lowest BCUT2D eigenvalue weighted by Crippen LogP contribution is -2.48. The van der Waals surface area contributed by atoms with E-state index < -0.39 is 8.07 Å². The van der Waals surface area contributed by atoms with Gasteiger partial charge in [-0.15, -0.1) is 0 Å². The van der Waals surface area contributed by atoms with E-state index in [0.29, 0.717) is 5.54 Å². The molecule has 0 heterocycles. The largest absolute Gasteiger partial charge is 0.396 e. The Morgan fingerprint density at radius 3 is 2.25 bits per heavy atom. The van der Waals surface area contributed by atoms with E-state index in [2.05, 4.69) is 96.6 Å². The molecule has 2 aromatic rings. The molecule has 0 bridgehead atoms. The lowest BCUT2D eigenvalue weighted by atomic mass is 9.96. The SMILES string of the molecule is C/C=C/[C@H]([C@H](CO)Cc1ccccc1Br)[Si](C)(C)c1ccccc1. The van der Waals surface area contributed by atoms with Crippen LogP contribution in [-0.2, 0) is 6.42 Å². The smallest absolute Gasteiger partial charge is 0.0877 e. The van der Waals surface area contributed by atoms with Gasteiger partial charge in [-0.1, -0.05) is 94.9 Å². The summed E-state index contributed by atoms with van der Waals surface area (Å²) in [5.74, 6) is 0.224. The molecule has 0 radical (unpaired) electrons. The molecule has 2 atom stereocenters. The molecule has 0 aromatic heterocycles. The van der Waals surface area contributed by atoms with Gasteiger partial charge in [-0.05, 0) is 36.4 Å². The first-order valence-corrected chi connectivity index (χ1v) is 12.4. The van der Waals surface area contributed by atoms with Crippen LogP contribution < -0.4 is 5.19 Å². The number of hydrogen-bond donors (Lipinski definition) is 1. The summed E-state index contributed by atoms with van der Waals surface area (Å²) in [4.78, 5) is 0. The number of halogens is 1. The van der Waals surface area contributed by atoms with Crippen LogP contribution in [0.15, 0.2) is 71.2 Å². The Balaban J connectivity index is 2.35. The standard InChI is InChI=1S/C21H27BrOSi/c1-4-10-21(24(2,3)19-12-6-5-7-13-19)18(16-23)15-17-11-8-9-14-20(17)22/h4-14,18,21,23H,15-16H2,1-3H3/b10-4+/t18-,21+/m0/s1. The summed E-state index contributed by atoms with van der Waals surface area (Å²) in [7, 11) is -1.75. The van der Waals surface area contributed by atoms with Crippen LogP contribution in [0.25, 0.3) is 0 Å². The maximum atomic E-state index is 10.2. The Morgan fingerprint density at radius 2 is 1.67 bits per heavy atom. The Kier molecular flexibility index (Phi) is 7.02. The van der Waals surface area contributed by atoms with Gasteiger partial charge < -0.3 is 5.11 Å². The van der Waals surface area contributed by atoms with E-state index in [9.17, 15) is 5.11 Å². The van der Waals surface area contributed by atoms with Crippen LogP contribution in [0.1, 0.15) is 12.5 Å². The quantitative estimate of drug-likeness (QED) is 0.500. The Morgan fingerprint density at radius 1 is 1.04 bits per heavy atom. The number of hydrogen-bond acceptors (Lipinski definition) is 1. The number of rotatable bonds is 7. The summed E-state index contributed by atoms with van der Waals surface area (Å²) >= 11 is 3.65. The molecule has 2 rings (SSSR count). The third-order valence-corrected chi connectivity index (χ3v) is 9.86. The molecule has 3 heteroatoms. The summed E-state index contributed by atoms with van der Waals surface area (Å²) in [6, 6.07) is 19.1. The van der Waals surface area contributed by atoms with E-state index in [-0.39, 0.29) is 12.5 Å². The first-order chi connectivity index (χ1) is 11.5. The predicted octanol–water partition coefficient (Wildman–Crippen LogP) is 5.16. The van der Waals surface area contributed by atoms with E-state index >= 15 is 0 Å². The van der Waals surface area contributed by atoms with Crippen LogP contribution in [0, 0.1) is 5.92 Å². The average Bonchev–Trinajstić information content (AvgIpc) is 2.60. The highest BCUT2D eigenvalue weighted by Gasteiger charge is 2.37. The van der Waals surface area contributed by atoms with E-state index in [1.165, 1.54) is 10.8 Å². The molecule has 0 amide bonds. The minimum Gasteiger partial charge on any atom is -0.396 e. The van der Waals surface area contributed by atoms with Crippen molar-refractivity contribution in [2.24, 2.45) is 5.92 Å². The normalized spacial score (nSPS) is 14.7. The van der Waals surface area contributed by atoms with Crippen molar-refractivity contribution in [1.29, 1.82) is 0 Å². The highest BCUT2D eigenvalue weighted by molar-refractivity contribution is 9.10. The van der Waals surface area contributed by atoms with Crippen molar-refractivity contribution < 1.29 is 5.11 Å². The number of aliphatic hydroxyl groups is 1. The monoisotopic (exact) mass is 402 g/mol. The summed E-state index contributed by atoms with van der Waals surface area (Å²) in [5.41, 5.74) is 1.66. The molecule has 128 valence electrons. The number of aliphatic hydroxyl groups excluding tert-OH is 1. The summed E-state index contributed by atoms with van der Waals surface area (Å²) in [5, 5.41) is 11.6. The molecule has 0 unspecified atom stereocenters. The summed E-state index contributed by atoms with van der Waals surface area (Å²) < 4.78 is 1.13. The second-order valence-electron chi connectivity index (χ2n) is 6.88. The van der Waals surface area contributed by atoms with Gasteiger partial charge in [-0.3, -0.25) is 0 Å². The second kappa shape index (κ2) is 8.79. The number of benzene rings is 2. The van der Waals surface area contributed by atoms with E-state index in [1.807, 2.05) is 6.07 Å². The van der Waals surface area contributed by atoms with Crippen molar-refractivity contribution in [3.8, 4) is 0 Å². The second-order valence-corrected chi connectivity index (χ2v) is 12.4. The molecular formula is C21H27BrOSi. The molecule has 0 aliphatic rings. The molecule has 0 fully saturated rings. The molecule has 0 spiro atoms. The minimum atomic E-state index is -1.75. The van der Waals surface area contributed by atoms with Gasteiger partial charge >= 0.3 is 0 Å². The molecule has 0 aliphatic carbocycles. The fraction of sp³-hybridized carbons (Fsp3) is 0.333. The van der Waals surface area contributed by atoms with Gasteiger partial charge in [0, 0.05) is 11.1 Å². The predicted molar refractivity (Wildman–Crippen MR) is 111 cm³/mol. The van der Waals surface area contributed by atoms with E-state index in [1.54, 1.807) is 0 Å². The van der Waals surface area contributed by atoms with Gasteiger partial charge in [0.05, 0.1) is 8.07 Å². The van der Waals surface area contributed by atoms with Crippen LogP contribution in [-0.4, -0.2) is 19.8 Å². The zero-order valence-electron chi connectivity index (χ0n) is 14.7. The maximum Gasteiger partial charge on any atom is 0.0877 e. The van der Waals surface area contributed by atoms with Crippen molar-refractivity contribution in [1.82, 2.24) is 0 Å². The third-order valence-electron chi connectivity index (χ3n) is 4.93. The lowest BCUT2D eigenvalue weighted by molar-refractivity contribution is 0.225. The zero-order chi connectivity index (χ0) is 17.6. The Bertz CT molecular complexity index is 667. The van der Waals surface area contributed by atoms with Gasteiger partial charge in [-0.2, -0.15) is 0 Å². The van der Waals surface area contributed by atoms with Crippen molar-refractivity contribution in [2.75, 3.05) is 6.61 Å². The first kappa shape index (κ1) is 19.2. The first-order valence-electron chi connectivity index (χ1n) is 8.53. The van der Waals surface area contributed by atoms with Crippen LogP contribution in [0.5, 0.6) is 0 Å². The fourth-order valence-electron chi connectivity index (χ4n) is 3.51. The van der Waals surface area contributed by atoms with Gasteiger partial charge in [0.1, 0.15) is 0 Å². The van der Waals surface area contributed by atoms with Crippen LogP contribution in [0.4, 0.5) is 0 Å². The van der Waals surface area contributed by atoms with Crippen molar-refractivity contribution in [3.05, 3.63) is 76.8 Å². The zero-order valence-corrected chi connectivity index (χ0v) is 17.3. The molecule has 24 heavy (non-hydrogen) atoms. The van der Waals surface area contributed by atoms with Crippen molar-refractivity contribution in [2.45, 2.75) is 32.0 Å². The highest BCUT2D eigenvalue weighted by atomic mass is 79.9. The maximum absolute atomic E-state index is 10.2. The average molecular weight is 403 g/mol. The van der Waals surface area contributed by atoms with Crippen molar-refractivity contribution >= 4 is 29.2 Å². The highest BCUT2D eigenvalue weighted by Crippen LogP contribution is 2.35. The van der Waals surface area contributed by atoms with E-state index in [0.717, 1.165) is 10.9 Å². The van der Waals surface area contributed by atoms with Gasteiger partial charge in [-0.25, -0.2) is 0 Å². The van der Waals surface area contributed by atoms with Gasteiger partial charge in [0.15, 0.2) is 0 Å². The Labute approximate surface area is 155 Å². The molecule has 0 saturated heterocycles.